The number of hydrogen-bond donors (Lipinski definition) is 3. The van der Waals surface area contributed by atoms with Crippen LogP contribution in [-0.4, -0.2) is 23.7 Å². The molecule has 3 N–H and O–H groups in total. The lowest BCUT2D eigenvalue weighted by Crippen LogP contribution is -2.39. The minimum Gasteiger partial charge on any atom is -0.481 e. The van der Waals surface area contributed by atoms with Gasteiger partial charge in [0.05, 0.1) is 12.5 Å². The molecule has 1 heterocycles. The van der Waals surface area contributed by atoms with Gasteiger partial charge < -0.3 is 20.2 Å². The molecular formula is C12H18N2O4. The summed E-state index contributed by atoms with van der Waals surface area (Å²) in [6.07, 6.45) is 0.479. The molecule has 6 heteroatoms. The highest BCUT2D eigenvalue weighted by Crippen LogP contribution is 2.05. The Morgan fingerprint density at radius 1 is 1.39 bits per heavy atom. The molecule has 0 fully saturated rings. The van der Waals surface area contributed by atoms with E-state index in [2.05, 4.69) is 10.6 Å². The van der Waals surface area contributed by atoms with Crippen molar-refractivity contribution >= 4 is 12.0 Å². The van der Waals surface area contributed by atoms with Crippen molar-refractivity contribution in [3.05, 3.63) is 23.7 Å². The van der Waals surface area contributed by atoms with Crippen molar-refractivity contribution in [1.29, 1.82) is 0 Å². The molecule has 1 rings (SSSR count). The van der Waals surface area contributed by atoms with Gasteiger partial charge in [-0.15, -0.1) is 0 Å². The number of nitrogens with one attached hydrogen (secondary N) is 2. The predicted molar refractivity (Wildman–Crippen MR) is 65.1 cm³/mol. The Morgan fingerprint density at radius 2 is 2.11 bits per heavy atom. The maximum Gasteiger partial charge on any atom is 0.315 e. The van der Waals surface area contributed by atoms with Gasteiger partial charge in [0, 0.05) is 6.54 Å². The summed E-state index contributed by atoms with van der Waals surface area (Å²) >= 11 is 0. The van der Waals surface area contributed by atoms with Crippen molar-refractivity contribution < 1.29 is 19.1 Å². The number of furan rings is 1. The second-order valence-electron chi connectivity index (χ2n) is 4.02. The molecule has 100 valence electrons. The van der Waals surface area contributed by atoms with Crippen LogP contribution in [0.4, 0.5) is 4.79 Å². The number of carboxylic acids is 1. The highest BCUT2D eigenvalue weighted by Gasteiger charge is 2.15. The summed E-state index contributed by atoms with van der Waals surface area (Å²) in [6.45, 7) is 3.99. The van der Waals surface area contributed by atoms with E-state index in [0.29, 0.717) is 12.2 Å². The van der Waals surface area contributed by atoms with Gasteiger partial charge in [-0.1, -0.05) is 6.92 Å². The first-order valence-corrected chi connectivity index (χ1v) is 5.82. The molecule has 0 saturated carbocycles. The van der Waals surface area contributed by atoms with Crippen molar-refractivity contribution in [2.45, 2.75) is 26.8 Å². The first-order chi connectivity index (χ1) is 8.52. The number of hydrogen-bond acceptors (Lipinski definition) is 3. The van der Waals surface area contributed by atoms with Crippen LogP contribution in [0, 0.1) is 12.8 Å². The Morgan fingerprint density at radius 3 is 2.61 bits per heavy atom. The fourth-order valence-corrected chi connectivity index (χ4v) is 1.43. The van der Waals surface area contributed by atoms with Crippen LogP contribution in [0.3, 0.4) is 0 Å². The largest absolute Gasteiger partial charge is 0.481 e. The summed E-state index contributed by atoms with van der Waals surface area (Å²) in [7, 11) is 0. The van der Waals surface area contributed by atoms with E-state index >= 15 is 0 Å². The molecule has 0 aliphatic rings. The summed E-state index contributed by atoms with van der Waals surface area (Å²) in [5.41, 5.74) is 0. The average molecular weight is 254 g/mol. The van der Waals surface area contributed by atoms with Crippen LogP contribution in [0.2, 0.25) is 0 Å². The van der Waals surface area contributed by atoms with E-state index < -0.39 is 17.9 Å². The molecule has 0 spiro atoms. The van der Waals surface area contributed by atoms with Gasteiger partial charge in [-0.05, 0) is 25.5 Å². The number of urea groups is 1. The third kappa shape index (κ3) is 4.48. The van der Waals surface area contributed by atoms with E-state index in [1.54, 1.807) is 13.0 Å². The summed E-state index contributed by atoms with van der Waals surface area (Å²) in [6, 6.07) is 3.19. The van der Waals surface area contributed by atoms with Crippen LogP contribution in [0.15, 0.2) is 16.5 Å². The smallest absolute Gasteiger partial charge is 0.315 e. The number of aliphatic carboxylic acids is 1. The molecule has 1 atom stereocenters. The monoisotopic (exact) mass is 254 g/mol. The normalized spacial score (nSPS) is 11.9. The van der Waals surface area contributed by atoms with E-state index in [1.807, 2.05) is 13.0 Å². The molecule has 1 aromatic rings. The molecule has 0 aliphatic heterocycles. The molecule has 2 amide bonds. The molecule has 0 aliphatic carbocycles. The molecule has 0 saturated heterocycles. The number of amides is 2. The number of aryl methyl sites for hydroxylation is 1. The zero-order valence-corrected chi connectivity index (χ0v) is 10.5. The van der Waals surface area contributed by atoms with Gasteiger partial charge in [0.15, 0.2) is 0 Å². The van der Waals surface area contributed by atoms with Crippen molar-refractivity contribution in [3.63, 3.8) is 0 Å². The zero-order valence-electron chi connectivity index (χ0n) is 10.5. The first-order valence-electron chi connectivity index (χ1n) is 5.82. The second-order valence-corrected chi connectivity index (χ2v) is 4.02. The lowest BCUT2D eigenvalue weighted by Gasteiger charge is -2.11. The van der Waals surface area contributed by atoms with E-state index in [0.717, 1.165) is 5.76 Å². The Kier molecular flexibility index (Phi) is 5.23. The van der Waals surface area contributed by atoms with Crippen LogP contribution in [-0.2, 0) is 11.3 Å². The molecule has 1 unspecified atom stereocenters. The van der Waals surface area contributed by atoms with Gasteiger partial charge in [-0.2, -0.15) is 0 Å². The molecule has 0 aromatic carbocycles. The van der Waals surface area contributed by atoms with Gasteiger partial charge >= 0.3 is 12.0 Å². The van der Waals surface area contributed by atoms with Crippen molar-refractivity contribution in [2.75, 3.05) is 6.54 Å². The second kappa shape index (κ2) is 6.68. The molecule has 0 radical (unpaired) electrons. The Bertz CT molecular complexity index is 414. The average Bonchev–Trinajstić information content (AvgIpc) is 2.73. The van der Waals surface area contributed by atoms with Crippen LogP contribution in [0.25, 0.3) is 0 Å². The quantitative estimate of drug-likeness (QED) is 0.717. The molecule has 6 nitrogen and oxygen atoms in total. The standard InChI is InChI=1S/C12H18N2O4/c1-3-9(11(15)16)6-13-12(17)14-7-10-5-4-8(2)18-10/h4-5,9H,3,6-7H2,1-2H3,(H,15,16)(H2,13,14,17). The maximum atomic E-state index is 11.4. The Hall–Kier alpha value is -1.98. The van der Waals surface area contributed by atoms with Gasteiger partial charge in [0.1, 0.15) is 11.5 Å². The fraction of sp³-hybridized carbons (Fsp3) is 0.500. The lowest BCUT2D eigenvalue weighted by atomic mass is 10.1. The zero-order chi connectivity index (χ0) is 13.5. The summed E-state index contributed by atoms with van der Waals surface area (Å²) in [5, 5.41) is 13.9. The van der Waals surface area contributed by atoms with Crippen LogP contribution in [0.1, 0.15) is 24.9 Å². The Balaban J connectivity index is 2.27. The van der Waals surface area contributed by atoms with E-state index in [4.69, 9.17) is 9.52 Å². The molecular weight excluding hydrogens is 236 g/mol. The summed E-state index contributed by atoms with van der Waals surface area (Å²) in [5.74, 6) is -0.0156. The van der Waals surface area contributed by atoms with E-state index in [9.17, 15) is 9.59 Å². The summed E-state index contributed by atoms with van der Waals surface area (Å²) in [4.78, 5) is 22.1. The van der Waals surface area contributed by atoms with Crippen molar-refractivity contribution in [2.24, 2.45) is 5.92 Å². The first kappa shape index (κ1) is 14.1. The Labute approximate surface area is 105 Å². The van der Waals surface area contributed by atoms with Crippen LogP contribution < -0.4 is 10.6 Å². The lowest BCUT2D eigenvalue weighted by molar-refractivity contribution is -0.141. The highest BCUT2D eigenvalue weighted by atomic mass is 16.4. The van der Waals surface area contributed by atoms with E-state index in [-0.39, 0.29) is 13.1 Å². The topological polar surface area (TPSA) is 91.6 Å². The highest BCUT2D eigenvalue weighted by molar-refractivity contribution is 5.75. The third-order valence-corrected chi connectivity index (χ3v) is 2.57. The third-order valence-electron chi connectivity index (χ3n) is 2.57. The number of carbonyl (C=O) groups excluding carboxylic acids is 1. The van der Waals surface area contributed by atoms with E-state index in [1.165, 1.54) is 0 Å². The van der Waals surface area contributed by atoms with Crippen molar-refractivity contribution in [1.82, 2.24) is 10.6 Å². The van der Waals surface area contributed by atoms with Crippen molar-refractivity contribution in [3.8, 4) is 0 Å². The fourth-order valence-electron chi connectivity index (χ4n) is 1.43. The van der Waals surface area contributed by atoms with Gasteiger partial charge in [0.2, 0.25) is 0 Å². The number of carbonyl (C=O) groups is 2. The van der Waals surface area contributed by atoms with Gasteiger partial charge in [-0.25, -0.2) is 4.79 Å². The molecule has 1 aromatic heterocycles. The molecule has 0 bridgehead atoms. The van der Waals surface area contributed by atoms with Crippen LogP contribution in [0.5, 0.6) is 0 Å². The maximum absolute atomic E-state index is 11.4. The van der Waals surface area contributed by atoms with Gasteiger partial charge in [-0.3, -0.25) is 4.79 Å². The minimum absolute atomic E-state index is 0.120. The SMILES string of the molecule is CCC(CNC(=O)NCc1ccc(C)o1)C(=O)O. The number of carboxylic acid groups (broad SMARTS) is 1. The summed E-state index contributed by atoms with van der Waals surface area (Å²) < 4.78 is 5.28. The van der Waals surface area contributed by atoms with Gasteiger partial charge in [0.25, 0.3) is 0 Å². The van der Waals surface area contributed by atoms with Crippen LogP contribution >= 0.6 is 0 Å². The minimum atomic E-state index is -0.903. The predicted octanol–water partition coefficient (Wildman–Crippen LogP) is 1.50. The molecule has 18 heavy (non-hydrogen) atoms. The number of rotatable bonds is 6.